The molecule has 0 unspecified atom stereocenters. The predicted molar refractivity (Wildman–Crippen MR) is 101 cm³/mol. The van der Waals surface area contributed by atoms with Gasteiger partial charge in [0, 0.05) is 6.42 Å². The standard InChI is InChI=1S/C21H22N2O5/c1-13-10-16(13)21(25)28-12-20(24)23-18(19-4-3-9-27-19)11-17(22-23)14-5-7-15(26-2)8-6-14/h3-9,13,16,18H,10-12H2,1-2H3/t13-,16-,18+/m1/s1. The van der Waals surface area contributed by atoms with Gasteiger partial charge in [0.25, 0.3) is 5.91 Å². The lowest BCUT2D eigenvalue weighted by Crippen LogP contribution is -2.31. The highest BCUT2D eigenvalue weighted by atomic mass is 16.5. The van der Waals surface area contributed by atoms with Gasteiger partial charge in [-0.25, -0.2) is 5.01 Å². The third kappa shape index (κ3) is 3.65. The van der Waals surface area contributed by atoms with E-state index in [1.807, 2.05) is 37.3 Å². The first kappa shape index (κ1) is 18.3. The maximum atomic E-state index is 12.7. The van der Waals surface area contributed by atoms with Crippen LogP contribution in [0.4, 0.5) is 0 Å². The van der Waals surface area contributed by atoms with Crippen LogP contribution in [0.15, 0.2) is 52.2 Å². The molecule has 1 saturated carbocycles. The van der Waals surface area contributed by atoms with E-state index in [9.17, 15) is 9.59 Å². The summed E-state index contributed by atoms with van der Waals surface area (Å²) in [7, 11) is 1.61. The quantitative estimate of drug-likeness (QED) is 0.717. The number of methoxy groups -OCH3 is 1. The average Bonchev–Trinajstić information content (AvgIpc) is 3.12. The molecular weight excluding hydrogens is 360 g/mol. The first-order valence-electron chi connectivity index (χ1n) is 9.31. The number of hydrogen-bond acceptors (Lipinski definition) is 6. The van der Waals surface area contributed by atoms with E-state index in [4.69, 9.17) is 13.9 Å². The Bertz CT molecular complexity index is 888. The smallest absolute Gasteiger partial charge is 0.309 e. The van der Waals surface area contributed by atoms with Gasteiger partial charge in [-0.2, -0.15) is 5.10 Å². The van der Waals surface area contributed by atoms with Crippen molar-refractivity contribution in [1.29, 1.82) is 0 Å². The highest BCUT2D eigenvalue weighted by molar-refractivity contribution is 6.03. The maximum Gasteiger partial charge on any atom is 0.309 e. The van der Waals surface area contributed by atoms with Gasteiger partial charge >= 0.3 is 5.97 Å². The zero-order valence-corrected chi connectivity index (χ0v) is 15.8. The number of amides is 1. The van der Waals surface area contributed by atoms with Gasteiger partial charge in [-0.3, -0.25) is 9.59 Å². The molecule has 146 valence electrons. The molecule has 0 saturated heterocycles. The third-order valence-corrected chi connectivity index (χ3v) is 5.21. The number of nitrogens with zero attached hydrogens (tertiary/aromatic N) is 2. The topological polar surface area (TPSA) is 81.3 Å². The van der Waals surface area contributed by atoms with E-state index in [0.717, 1.165) is 23.4 Å². The molecule has 7 nitrogen and oxygen atoms in total. The summed E-state index contributed by atoms with van der Waals surface area (Å²) in [6.45, 7) is 1.67. The van der Waals surface area contributed by atoms with Crippen LogP contribution < -0.4 is 4.74 Å². The highest BCUT2D eigenvalue weighted by Crippen LogP contribution is 2.39. The summed E-state index contributed by atoms with van der Waals surface area (Å²) < 4.78 is 15.9. The molecule has 0 bridgehead atoms. The number of ether oxygens (including phenoxy) is 2. The van der Waals surface area contributed by atoms with Gasteiger partial charge in [0.2, 0.25) is 0 Å². The fourth-order valence-corrected chi connectivity index (χ4v) is 3.36. The van der Waals surface area contributed by atoms with E-state index in [-0.39, 0.29) is 30.4 Å². The molecule has 0 spiro atoms. The zero-order valence-electron chi connectivity index (χ0n) is 15.8. The zero-order chi connectivity index (χ0) is 19.7. The number of benzene rings is 1. The molecule has 2 aromatic rings. The summed E-state index contributed by atoms with van der Waals surface area (Å²) in [5.74, 6) is 0.970. The van der Waals surface area contributed by atoms with E-state index in [1.165, 1.54) is 5.01 Å². The van der Waals surface area contributed by atoms with Crippen molar-refractivity contribution in [3.8, 4) is 5.75 Å². The van der Waals surface area contributed by atoms with Crippen LogP contribution in [0.25, 0.3) is 0 Å². The first-order valence-corrected chi connectivity index (χ1v) is 9.31. The van der Waals surface area contributed by atoms with Crippen molar-refractivity contribution in [2.24, 2.45) is 16.9 Å². The van der Waals surface area contributed by atoms with Crippen LogP contribution in [0.2, 0.25) is 0 Å². The van der Waals surface area contributed by atoms with Crippen molar-refractivity contribution in [2.75, 3.05) is 13.7 Å². The normalized spacial score (nSPS) is 23.3. The SMILES string of the molecule is COc1ccc(C2=NN(C(=O)COC(=O)[C@@H]3C[C@H]3C)[C@H](c3ccco3)C2)cc1. The van der Waals surface area contributed by atoms with Crippen LogP contribution in [0.5, 0.6) is 5.75 Å². The van der Waals surface area contributed by atoms with Crippen molar-refractivity contribution in [1.82, 2.24) is 5.01 Å². The number of carbonyl (C=O) groups is 2. The Kier molecular flexibility index (Phi) is 4.90. The van der Waals surface area contributed by atoms with Crippen LogP contribution >= 0.6 is 0 Å². The van der Waals surface area contributed by atoms with Crippen molar-refractivity contribution in [3.05, 3.63) is 54.0 Å². The van der Waals surface area contributed by atoms with Gasteiger partial charge < -0.3 is 13.9 Å². The Morgan fingerprint density at radius 1 is 1.25 bits per heavy atom. The summed E-state index contributed by atoms with van der Waals surface area (Å²) in [5, 5.41) is 5.88. The molecular formula is C21H22N2O5. The van der Waals surface area contributed by atoms with Crippen LogP contribution in [-0.2, 0) is 14.3 Å². The second-order valence-electron chi connectivity index (χ2n) is 7.18. The molecule has 7 heteroatoms. The van der Waals surface area contributed by atoms with Gasteiger partial charge in [0.1, 0.15) is 17.6 Å². The van der Waals surface area contributed by atoms with Gasteiger partial charge in [-0.05, 0) is 54.3 Å². The number of furan rings is 1. The number of rotatable bonds is 6. The Morgan fingerprint density at radius 2 is 2.00 bits per heavy atom. The monoisotopic (exact) mass is 382 g/mol. The number of hydrogen-bond donors (Lipinski definition) is 0. The summed E-state index contributed by atoms with van der Waals surface area (Å²) in [5.41, 5.74) is 1.66. The van der Waals surface area contributed by atoms with Crippen molar-refractivity contribution < 1.29 is 23.5 Å². The second kappa shape index (κ2) is 7.50. The van der Waals surface area contributed by atoms with E-state index >= 15 is 0 Å². The van der Waals surface area contributed by atoms with Gasteiger partial charge in [0.05, 0.1) is 25.0 Å². The van der Waals surface area contributed by atoms with E-state index < -0.39 is 0 Å². The summed E-state index contributed by atoms with van der Waals surface area (Å²) in [6.07, 6.45) is 2.91. The van der Waals surface area contributed by atoms with Gasteiger partial charge in [-0.1, -0.05) is 6.92 Å². The van der Waals surface area contributed by atoms with Crippen LogP contribution in [0, 0.1) is 11.8 Å². The lowest BCUT2D eigenvalue weighted by molar-refractivity contribution is -0.154. The molecule has 1 aliphatic carbocycles. The molecule has 1 aromatic carbocycles. The minimum atomic E-state index is -0.369. The van der Waals surface area contributed by atoms with Crippen LogP contribution in [0.1, 0.15) is 37.1 Å². The molecule has 0 N–H and O–H groups in total. The number of hydrazone groups is 1. The summed E-state index contributed by atoms with van der Waals surface area (Å²) in [4.78, 5) is 24.7. The Morgan fingerprint density at radius 3 is 2.61 bits per heavy atom. The highest BCUT2D eigenvalue weighted by Gasteiger charge is 2.41. The Balaban J connectivity index is 1.51. The molecule has 2 aliphatic rings. The van der Waals surface area contributed by atoms with E-state index in [0.29, 0.717) is 18.1 Å². The van der Waals surface area contributed by atoms with Gasteiger partial charge in [0.15, 0.2) is 6.61 Å². The van der Waals surface area contributed by atoms with E-state index in [2.05, 4.69) is 5.10 Å². The molecule has 3 atom stereocenters. The minimum absolute atomic E-state index is 0.0781. The number of carbonyl (C=O) groups excluding carboxylic acids is 2. The molecule has 1 amide bonds. The molecule has 28 heavy (non-hydrogen) atoms. The Hall–Kier alpha value is -3.09. The fourth-order valence-electron chi connectivity index (χ4n) is 3.36. The third-order valence-electron chi connectivity index (χ3n) is 5.21. The number of esters is 1. The van der Waals surface area contributed by atoms with Crippen molar-refractivity contribution >= 4 is 17.6 Å². The predicted octanol–water partition coefficient (Wildman–Crippen LogP) is 3.17. The van der Waals surface area contributed by atoms with Gasteiger partial charge in [-0.15, -0.1) is 0 Å². The molecule has 1 aromatic heterocycles. The second-order valence-corrected chi connectivity index (χ2v) is 7.18. The average molecular weight is 382 g/mol. The summed E-state index contributed by atoms with van der Waals surface area (Å²) >= 11 is 0. The molecule has 1 fully saturated rings. The summed E-state index contributed by atoms with van der Waals surface area (Å²) in [6, 6.07) is 10.7. The lowest BCUT2D eigenvalue weighted by atomic mass is 10.0. The first-order chi connectivity index (χ1) is 13.6. The molecule has 2 heterocycles. The maximum absolute atomic E-state index is 12.7. The molecule has 0 radical (unpaired) electrons. The lowest BCUT2D eigenvalue weighted by Gasteiger charge is -2.19. The van der Waals surface area contributed by atoms with Crippen LogP contribution in [0.3, 0.4) is 0 Å². The van der Waals surface area contributed by atoms with Crippen molar-refractivity contribution in [2.45, 2.75) is 25.8 Å². The minimum Gasteiger partial charge on any atom is -0.497 e. The molecule has 4 rings (SSSR count). The van der Waals surface area contributed by atoms with Crippen LogP contribution in [-0.4, -0.2) is 36.3 Å². The fraction of sp³-hybridized carbons (Fsp3) is 0.381. The van der Waals surface area contributed by atoms with Crippen molar-refractivity contribution in [3.63, 3.8) is 0 Å². The Labute approximate surface area is 162 Å². The molecule has 1 aliphatic heterocycles. The van der Waals surface area contributed by atoms with E-state index in [1.54, 1.807) is 19.4 Å². The largest absolute Gasteiger partial charge is 0.497 e.